The molecule has 2 rings (SSSR count). The van der Waals surface area contributed by atoms with Gasteiger partial charge in [0.1, 0.15) is 11.6 Å². The van der Waals surface area contributed by atoms with Crippen molar-refractivity contribution in [2.45, 2.75) is 39.3 Å². The third-order valence-corrected chi connectivity index (χ3v) is 2.93. The third-order valence-electron chi connectivity index (χ3n) is 2.93. The van der Waals surface area contributed by atoms with Crippen LogP contribution in [-0.4, -0.2) is 28.5 Å². The first-order valence-corrected chi connectivity index (χ1v) is 6.87. The van der Waals surface area contributed by atoms with E-state index < -0.39 is 17.6 Å². The molecule has 0 radical (unpaired) electrons. The van der Waals surface area contributed by atoms with Crippen LogP contribution in [0.15, 0.2) is 30.5 Å². The number of rotatable bonds is 3. The van der Waals surface area contributed by atoms with Crippen molar-refractivity contribution in [3.05, 3.63) is 36.0 Å². The molecule has 21 heavy (non-hydrogen) atoms. The fraction of sp³-hybridized carbons (Fsp3) is 0.375. The minimum absolute atomic E-state index is 0.301. The number of nitrogens with one attached hydrogen (secondary N) is 2. The van der Waals surface area contributed by atoms with E-state index in [1.165, 1.54) is 0 Å². The molecule has 5 nitrogen and oxygen atoms in total. The minimum atomic E-state index is -0.698. The number of fused-ring (bicyclic) bond motifs is 1. The Bertz CT molecular complexity index is 667. The summed E-state index contributed by atoms with van der Waals surface area (Å²) in [6, 6.07) is 6.58. The highest BCUT2D eigenvalue weighted by Crippen LogP contribution is 2.14. The lowest BCUT2D eigenvalue weighted by Crippen LogP contribution is -2.42. The fourth-order valence-corrected chi connectivity index (χ4v) is 1.92. The highest BCUT2D eigenvalue weighted by Gasteiger charge is 2.23. The van der Waals surface area contributed by atoms with Crippen molar-refractivity contribution in [2.24, 2.45) is 0 Å². The Morgan fingerprint density at radius 2 is 1.95 bits per heavy atom. The zero-order valence-corrected chi connectivity index (χ0v) is 12.7. The quantitative estimate of drug-likeness (QED) is 0.853. The first-order chi connectivity index (χ1) is 9.76. The Hall–Kier alpha value is -2.30. The van der Waals surface area contributed by atoms with Crippen LogP contribution in [0.1, 0.15) is 38.1 Å². The summed E-state index contributed by atoms with van der Waals surface area (Å²) in [7, 11) is 0. The summed E-state index contributed by atoms with van der Waals surface area (Å²) in [6.45, 7) is 6.98. The van der Waals surface area contributed by atoms with Crippen LogP contribution in [0.25, 0.3) is 10.9 Å². The molecule has 1 aromatic heterocycles. The second-order valence-electron chi connectivity index (χ2n) is 6.01. The molecule has 0 aliphatic rings. The van der Waals surface area contributed by atoms with E-state index in [0.717, 1.165) is 10.9 Å². The molecule has 112 valence electrons. The number of carbonyl (C=O) groups is 2. The number of aromatic amines is 1. The van der Waals surface area contributed by atoms with E-state index in [4.69, 9.17) is 4.74 Å². The molecule has 0 aliphatic heterocycles. The summed E-state index contributed by atoms with van der Waals surface area (Å²) < 4.78 is 5.23. The van der Waals surface area contributed by atoms with Crippen LogP contribution >= 0.6 is 0 Å². The molecule has 2 aromatic rings. The van der Waals surface area contributed by atoms with Gasteiger partial charge < -0.3 is 15.0 Å². The van der Waals surface area contributed by atoms with Gasteiger partial charge in [0.05, 0.1) is 0 Å². The van der Waals surface area contributed by atoms with Crippen molar-refractivity contribution < 1.29 is 14.3 Å². The predicted molar refractivity (Wildman–Crippen MR) is 81.1 cm³/mol. The summed E-state index contributed by atoms with van der Waals surface area (Å²) in [5, 5.41) is 3.68. The zero-order valence-electron chi connectivity index (χ0n) is 12.7. The van der Waals surface area contributed by atoms with Gasteiger partial charge in [0, 0.05) is 17.3 Å². The first-order valence-electron chi connectivity index (χ1n) is 6.87. The van der Waals surface area contributed by atoms with Crippen LogP contribution in [0.2, 0.25) is 0 Å². The second kappa shape index (κ2) is 5.60. The topological polar surface area (TPSA) is 71.2 Å². The van der Waals surface area contributed by atoms with Gasteiger partial charge in [0.2, 0.25) is 0 Å². The Morgan fingerprint density at radius 1 is 1.24 bits per heavy atom. The monoisotopic (exact) mass is 288 g/mol. The Kier molecular flexibility index (Phi) is 4.02. The Labute approximate surface area is 123 Å². The summed E-state index contributed by atoms with van der Waals surface area (Å²) in [6.07, 6.45) is 1.82. The van der Waals surface area contributed by atoms with Gasteiger partial charge in [0.25, 0.3) is 5.91 Å². The number of hydrogen-bond donors (Lipinski definition) is 2. The van der Waals surface area contributed by atoms with Crippen molar-refractivity contribution in [2.75, 3.05) is 0 Å². The van der Waals surface area contributed by atoms with Crippen molar-refractivity contribution >= 4 is 22.8 Å². The molecule has 5 heteroatoms. The van der Waals surface area contributed by atoms with Crippen molar-refractivity contribution in [3.8, 4) is 0 Å². The van der Waals surface area contributed by atoms with Crippen LogP contribution in [-0.2, 0) is 9.53 Å². The smallest absolute Gasteiger partial charge is 0.328 e. The van der Waals surface area contributed by atoms with E-state index in [1.807, 2.05) is 18.3 Å². The highest BCUT2D eigenvalue weighted by atomic mass is 16.6. The molecule has 0 bridgehead atoms. The molecule has 2 N–H and O–H groups in total. The van der Waals surface area contributed by atoms with E-state index in [0.29, 0.717) is 5.56 Å². The van der Waals surface area contributed by atoms with Gasteiger partial charge in [-0.1, -0.05) is 6.07 Å². The molecule has 0 unspecified atom stereocenters. The zero-order chi connectivity index (χ0) is 15.6. The molecule has 1 heterocycles. The van der Waals surface area contributed by atoms with Gasteiger partial charge in [-0.15, -0.1) is 0 Å². The van der Waals surface area contributed by atoms with E-state index in [9.17, 15) is 9.59 Å². The lowest BCUT2D eigenvalue weighted by atomic mass is 10.1. The second-order valence-corrected chi connectivity index (χ2v) is 6.01. The van der Waals surface area contributed by atoms with Crippen molar-refractivity contribution in [1.29, 1.82) is 0 Å². The molecule has 0 saturated heterocycles. The number of aromatic nitrogens is 1. The molecular formula is C16H20N2O3. The summed E-state index contributed by atoms with van der Waals surface area (Å²) in [5.41, 5.74) is 0.812. The normalized spacial score (nSPS) is 13.0. The van der Waals surface area contributed by atoms with Gasteiger partial charge in [-0.2, -0.15) is 0 Å². The predicted octanol–water partition coefficient (Wildman–Crippen LogP) is 2.63. The SMILES string of the molecule is C[C@@H](NC(=O)c1ccc2cc[nH]c2c1)C(=O)OC(C)(C)C. The number of hydrogen-bond acceptors (Lipinski definition) is 3. The minimum Gasteiger partial charge on any atom is -0.458 e. The number of H-pyrrole nitrogens is 1. The maximum Gasteiger partial charge on any atom is 0.328 e. The van der Waals surface area contributed by atoms with E-state index in [1.54, 1.807) is 39.8 Å². The van der Waals surface area contributed by atoms with Gasteiger partial charge >= 0.3 is 5.97 Å². The Balaban J connectivity index is 2.04. The van der Waals surface area contributed by atoms with Gasteiger partial charge in [-0.3, -0.25) is 4.79 Å². The number of amides is 1. The molecule has 1 aromatic carbocycles. The standard InChI is InChI=1S/C16H20N2O3/c1-10(15(20)21-16(2,3)4)18-14(19)12-6-5-11-7-8-17-13(11)9-12/h5-10,17H,1-4H3,(H,18,19)/t10-/m1/s1. The van der Waals surface area contributed by atoms with Crippen LogP contribution in [0.5, 0.6) is 0 Å². The molecule has 0 spiro atoms. The van der Waals surface area contributed by atoms with Crippen LogP contribution < -0.4 is 5.32 Å². The van der Waals surface area contributed by atoms with Crippen molar-refractivity contribution in [3.63, 3.8) is 0 Å². The average Bonchev–Trinajstić information content (AvgIpc) is 2.83. The summed E-state index contributed by atoms with van der Waals surface area (Å²) in [5.74, 6) is -0.748. The molecule has 1 atom stereocenters. The molecule has 0 fully saturated rings. The first kappa shape index (κ1) is 15.1. The fourth-order valence-electron chi connectivity index (χ4n) is 1.92. The lowest BCUT2D eigenvalue weighted by molar-refractivity contribution is -0.156. The summed E-state index contributed by atoms with van der Waals surface area (Å²) >= 11 is 0. The number of ether oxygens (including phenoxy) is 1. The van der Waals surface area contributed by atoms with Gasteiger partial charge in [-0.05, 0) is 51.3 Å². The summed E-state index contributed by atoms with van der Waals surface area (Å²) in [4.78, 5) is 27.1. The third kappa shape index (κ3) is 3.84. The molecule has 1 amide bonds. The lowest BCUT2D eigenvalue weighted by Gasteiger charge is -2.22. The molecule has 0 saturated carbocycles. The average molecular weight is 288 g/mol. The van der Waals surface area contributed by atoms with Gasteiger partial charge in [-0.25, -0.2) is 4.79 Å². The molecular weight excluding hydrogens is 268 g/mol. The van der Waals surface area contributed by atoms with Gasteiger partial charge in [0.15, 0.2) is 0 Å². The Morgan fingerprint density at radius 3 is 2.62 bits per heavy atom. The molecule has 0 aliphatic carbocycles. The maximum absolute atomic E-state index is 12.2. The largest absolute Gasteiger partial charge is 0.458 e. The van der Waals surface area contributed by atoms with E-state index >= 15 is 0 Å². The van der Waals surface area contributed by atoms with Crippen LogP contribution in [0, 0.1) is 0 Å². The number of benzene rings is 1. The highest BCUT2D eigenvalue weighted by molar-refractivity contribution is 5.99. The number of carbonyl (C=O) groups excluding carboxylic acids is 2. The van der Waals surface area contributed by atoms with Crippen molar-refractivity contribution in [1.82, 2.24) is 10.3 Å². The van der Waals surface area contributed by atoms with E-state index in [-0.39, 0.29) is 5.91 Å². The van der Waals surface area contributed by atoms with Crippen LogP contribution in [0.3, 0.4) is 0 Å². The van der Waals surface area contributed by atoms with Crippen LogP contribution in [0.4, 0.5) is 0 Å². The maximum atomic E-state index is 12.2. The van der Waals surface area contributed by atoms with E-state index in [2.05, 4.69) is 10.3 Å². The number of esters is 1.